The summed E-state index contributed by atoms with van der Waals surface area (Å²) in [5.41, 5.74) is 0.970. The quantitative estimate of drug-likeness (QED) is 0.502. The Kier molecular flexibility index (Phi) is 7.45. The van der Waals surface area contributed by atoms with Gasteiger partial charge < -0.3 is 19.5 Å². The summed E-state index contributed by atoms with van der Waals surface area (Å²) in [5.74, 6) is -1.11. The van der Waals surface area contributed by atoms with Crippen LogP contribution in [0, 0.1) is 6.92 Å². The molecule has 166 valence electrons. The van der Waals surface area contributed by atoms with E-state index in [0.717, 1.165) is 0 Å². The minimum Gasteiger partial charge on any atom is -0.486 e. The van der Waals surface area contributed by atoms with E-state index in [1.165, 1.54) is 43.8 Å². The lowest BCUT2D eigenvalue weighted by Crippen LogP contribution is -2.14. The second kappa shape index (κ2) is 10.3. The van der Waals surface area contributed by atoms with Gasteiger partial charge in [0.2, 0.25) is 0 Å². The Bertz CT molecular complexity index is 1130. The molecule has 0 bridgehead atoms. The second-order valence-electron chi connectivity index (χ2n) is 6.50. The zero-order chi connectivity index (χ0) is 23.3. The number of hydrogen-bond acceptors (Lipinski definition) is 8. The standard InChI is InChI=1S/C22H19ClN2O6S/c1-12-19(32-18(24-12)11-31-17-6-4-15(23)5-7-17)20(26)25-16-9-13(21(27)29-2)8-14(10-16)22(28)30-3/h4-10H,11H2,1-3H3,(H,25,26). The van der Waals surface area contributed by atoms with Gasteiger partial charge in [0.25, 0.3) is 5.91 Å². The first kappa shape index (κ1) is 23.2. The number of benzene rings is 2. The number of ether oxygens (including phenoxy) is 3. The number of rotatable bonds is 7. The number of halogens is 1. The Balaban J connectivity index is 1.77. The molecule has 0 spiro atoms. The molecule has 0 fully saturated rings. The highest BCUT2D eigenvalue weighted by atomic mass is 35.5. The van der Waals surface area contributed by atoms with Crippen molar-refractivity contribution in [2.75, 3.05) is 19.5 Å². The molecule has 10 heteroatoms. The topological polar surface area (TPSA) is 104 Å². The third-order valence-corrected chi connectivity index (χ3v) is 5.64. The first-order chi connectivity index (χ1) is 15.3. The molecule has 8 nitrogen and oxygen atoms in total. The van der Waals surface area contributed by atoms with E-state index in [0.29, 0.717) is 26.4 Å². The lowest BCUT2D eigenvalue weighted by molar-refractivity contribution is 0.0599. The van der Waals surface area contributed by atoms with Gasteiger partial charge in [-0.15, -0.1) is 11.3 Å². The predicted octanol–water partition coefficient (Wildman–Crippen LogP) is 4.51. The van der Waals surface area contributed by atoms with Crippen LogP contribution in [0.3, 0.4) is 0 Å². The minimum absolute atomic E-state index is 0.101. The molecule has 3 rings (SSSR count). The van der Waals surface area contributed by atoms with Gasteiger partial charge in [0.1, 0.15) is 22.2 Å². The van der Waals surface area contributed by atoms with Crippen LogP contribution < -0.4 is 10.1 Å². The molecule has 2 aromatic carbocycles. The van der Waals surface area contributed by atoms with Gasteiger partial charge >= 0.3 is 11.9 Å². The number of nitrogens with one attached hydrogen (secondary N) is 1. The molecule has 3 aromatic rings. The zero-order valence-electron chi connectivity index (χ0n) is 17.4. The van der Waals surface area contributed by atoms with E-state index in [2.05, 4.69) is 10.3 Å². The number of anilines is 1. The molecule has 0 aliphatic heterocycles. The van der Waals surface area contributed by atoms with E-state index in [9.17, 15) is 14.4 Å². The van der Waals surface area contributed by atoms with Crippen molar-refractivity contribution in [2.45, 2.75) is 13.5 Å². The van der Waals surface area contributed by atoms with Crippen molar-refractivity contribution in [1.29, 1.82) is 0 Å². The fourth-order valence-electron chi connectivity index (χ4n) is 2.76. The number of aryl methyl sites for hydroxylation is 1. The summed E-state index contributed by atoms with van der Waals surface area (Å²) >= 11 is 7.05. The maximum atomic E-state index is 12.8. The van der Waals surface area contributed by atoms with Crippen LogP contribution in [0.4, 0.5) is 5.69 Å². The summed E-state index contributed by atoms with van der Waals surface area (Å²) in [5, 5.41) is 3.91. The Morgan fingerprint density at radius 1 is 1.00 bits per heavy atom. The SMILES string of the molecule is COC(=O)c1cc(NC(=O)c2sc(COc3ccc(Cl)cc3)nc2C)cc(C(=O)OC)c1. The van der Waals surface area contributed by atoms with Gasteiger partial charge in [-0.05, 0) is 49.4 Å². The smallest absolute Gasteiger partial charge is 0.337 e. The van der Waals surface area contributed by atoms with Gasteiger partial charge in [0.05, 0.1) is 31.0 Å². The number of esters is 2. The van der Waals surface area contributed by atoms with E-state index < -0.39 is 17.8 Å². The van der Waals surface area contributed by atoms with Crippen LogP contribution in [0.25, 0.3) is 0 Å². The molecule has 1 aromatic heterocycles. The van der Waals surface area contributed by atoms with Crippen molar-refractivity contribution >= 4 is 46.5 Å². The fourth-order valence-corrected chi connectivity index (χ4v) is 3.76. The molecule has 32 heavy (non-hydrogen) atoms. The van der Waals surface area contributed by atoms with Crippen LogP contribution in [-0.4, -0.2) is 37.0 Å². The summed E-state index contributed by atoms with van der Waals surface area (Å²) in [7, 11) is 2.44. The molecule has 0 saturated carbocycles. The van der Waals surface area contributed by atoms with Gasteiger partial charge in [-0.1, -0.05) is 11.6 Å². The molecular formula is C22H19ClN2O6S. The van der Waals surface area contributed by atoms with E-state index in [1.54, 1.807) is 31.2 Å². The van der Waals surface area contributed by atoms with Gasteiger partial charge in [-0.3, -0.25) is 4.79 Å². The minimum atomic E-state index is -0.651. The van der Waals surface area contributed by atoms with E-state index in [1.807, 2.05) is 0 Å². The molecule has 0 radical (unpaired) electrons. The van der Waals surface area contributed by atoms with E-state index >= 15 is 0 Å². The van der Waals surface area contributed by atoms with Crippen molar-refractivity contribution in [3.8, 4) is 5.75 Å². The molecule has 0 unspecified atom stereocenters. The number of carbonyl (C=O) groups is 3. The van der Waals surface area contributed by atoms with Crippen LogP contribution >= 0.6 is 22.9 Å². The van der Waals surface area contributed by atoms with E-state index in [-0.39, 0.29) is 23.4 Å². The Morgan fingerprint density at radius 3 is 2.16 bits per heavy atom. The largest absolute Gasteiger partial charge is 0.486 e. The highest BCUT2D eigenvalue weighted by Crippen LogP contribution is 2.24. The number of amides is 1. The highest BCUT2D eigenvalue weighted by molar-refractivity contribution is 7.13. The Morgan fingerprint density at radius 2 is 1.59 bits per heavy atom. The number of methoxy groups -OCH3 is 2. The van der Waals surface area contributed by atoms with Crippen molar-refractivity contribution < 1.29 is 28.6 Å². The van der Waals surface area contributed by atoms with Gasteiger partial charge in [0.15, 0.2) is 0 Å². The number of hydrogen-bond donors (Lipinski definition) is 1. The number of thiazole rings is 1. The maximum Gasteiger partial charge on any atom is 0.337 e. The third kappa shape index (κ3) is 5.63. The lowest BCUT2D eigenvalue weighted by Gasteiger charge is -2.09. The number of nitrogens with zero attached hydrogens (tertiary/aromatic N) is 1. The van der Waals surface area contributed by atoms with Crippen LogP contribution in [-0.2, 0) is 16.1 Å². The lowest BCUT2D eigenvalue weighted by atomic mass is 10.1. The first-order valence-corrected chi connectivity index (χ1v) is 10.5. The Hall–Kier alpha value is -3.43. The summed E-state index contributed by atoms with van der Waals surface area (Å²) < 4.78 is 15.1. The number of aromatic nitrogens is 1. The molecule has 0 atom stereocenters. The molecule has 1 heterocycles. The zero-order valence-corrected chi connectivity index (χ0v) is 19.0. The van der Waals surface area contributed by atoms with Crippen LogP contribution in [0.1, 0.15) is 41.1 Å². The number of carbonyl (C=O) groups excluding carboxylic acids is 3. The third-order valence-electron chi connectivity index (χ3n) is 4.26. The van der Waals surface area contributed by atoms with Gasteiger partial charge in [-0.2, -0.15) is 0 Å². The second-order valence-corrected chi connectivity index (χ2v) is 8.02. The molecule has 1 N–H and O–H groups in total. The summed E-state index contributed by atoms with van der Waals surface area (Å²) in [6.07, 6.45) is 0. The summed E-state index contributed by atoms with van der Waals surface area (Å²) in [6, 6.07) is 11.1. The normalized spacial score (nSPS) is 10.4. The first-order valence-electron chi connectivity index (χ1n) is 9.28. The fraction of sp³-hybridized carbons (Fsp3) is 0.182. The maximum absolute atomic E-state index is 12.8. The predicted molar refractivity (Wildman–Crippen MR) is 120 cm³/mol. The summed E-state index contributed by atoms with van der Waals surface area (Å²) in [6.45, 7) is 1.90. The Labute approximate surface area is 193 Å². The molecule has 0 aliphatic rings. The average Bonchev–Trinajstić information content (AvgIpc) is 3.17. The van der Waals surface area contributed by atoms with Crippen molar-refractivity contribution in [3.05, 3.63) is 74.2 Å². The van der Waals surface area contributed by atoms with Crippen molar-refractivity contribution in [1.82, 2.24) is 4.98 Å². The van der Waals surface area contributed by atoms with Crippen LogP contribution in [0.2, 0.25) is 5.02 Å². The highest BCUT2D eigenvalue weighted by Gasteiger charge is 2.19. The van der Waals surface area contributed by atoms with Gasteiger partial charge in [-0.25, -0.2) is 14.6 Å². The average molecular weight is 475 g/mol. The van der Waals surface area contributed by atoms with Crippen LogP contribution in [0.5, 0.6) is 5.75 Å². The molecular weight excluding hydrogens is 456 g/mol. The molecule has 1 amide bonds. The van der Waals surface area contributed by atoms with E-state index in [4.69, 9.17) is 25.8 Å². The van der Waals surface area contributed by atoms with Crippen molar-refractivity contribution in [2.24, 2.45) is 0 Å². The summed E-state index contributed by atoms with van der Waals surface area (Å²) in [4.78, 5) is 41.5. The van der Waals surface area contributed by atoms with Crippen molar-refractivity contribution in [3.63, 3.8) is 0 Å². The molecule has 0 aliphatic carbocycles. The molecule has 0 saturated heterocycles. The van der Waals surface area contributed by atoms with Crippen LogP contribution in [0.15, 0.2) is 42.5 Å². The van der Waals surface area contributed by atoms with Gasteiger partial charge in [0, 0.05) is 10.7 Å². The monoisotopic (exact) mass is 474 g/mol.